The summed E-state index contributed by atoms with van der Waals surface area (Å²) < 4.78 is 13.6. The van der Waals surface area contributed by atoms with Crippen molar-refractivity contribution >= 4 is 23.6 Å². The molecule has 2 aliphatic heterocycles. The Hall–Kier alpha value is -3.51. The second-order valence-corrected chi connectivity index (χ2v) is 8.67. The molecule has 1 saturated heterocycles. The second kappa shape index (κ2) is 9.77. The predicted octanol–water partition coefficient (Wildman–Crippen LogP) is 1.02. The zero-order valence-electron chi connectivity index (χ0n) is 18.5. The van der Waals surface area contributed by atoms with Crippen LogP contribution in [-0.2, 0) is 17.9 Å². The van der Waals surface area contributed by atoms with Gasteiger partial charge in [0.25, 0.3) is 11.8 Å². The molecule has 0 aliphatic carbocycles. The number of carbonyl (C=O) groups excluding carboxylic acids is 2. The molecule has 2 bridgehead atoms. The molecule has 12 heteroatoms. The average molecular weight is 482 g/mol. The zero-order valence-corrected chi connectivity index (χ0v) is 19.3. The monoisotopic (exact) mass is 481 g/mol. The fraction of sp³-hybridized carbons (Fsp3) is 0.364. The van der Waals surface area contributed by atoms with Gasteiger partial charge in [-0.2, -0.15) is 0 Å². The molecule has 5 rings (SSSR count). The van der Waals surface area contributed by atoms with Crippen molar-refractivity contribution in [3.05, 3.63) is 59.8 Å². The van der Waals surface area contributed by atoms with Crippen LogP contribution in [0.4, 0.5) is 0 Å². The van der Waals surface area contributed by atoms with Crippen LogP contribution in [0.2, 0.25) is 0 Å². The minimum absolute atomic E-state index is 0.159. The van der Waals surface area contributed by atoms with Crippen molar-refractivity contribution in [2.45, 2.75) is 30.3 Å². The van der Waals surface area contributed by atoms with Crippen LogP contribution in [0.25, 0.3) is 0 Å². The SMILES string of the molecule is CSc1ncccc1C(=O)N1C[C@@H]2NC(=O)c3ncccc3OCCn3cc(nn3)CO[C@H]2C1. The molecule has 2 aliphatic rings. The summed E-state index contributed by atoms with van der Waals surface area (Å²) >= 11 is 1.41. The lowest BCUT2D eigenvalue weighted by molar-refractivity contribution is 0.0289. The van der Waals surface area contributed by atoms with E-state index in [4.69, 9.17) is 9.47 Å². The van der Waals surface area contributed by atoms with Gasteiger partial charge in [0.15, 0.2) is 11.4 Å². The van der Waals surface area contributed by atoms with Crippen LogP contribution < -0.4 is 10.1 Å². The smallest absolute Gasteiger partial charge is 0.274 e. The number of nitrogens with zero attached hydrogens (tertiary/aromatic N) is 6. The maximum atomic E-state index is 13.3. The lowest BCUT2D eigenvalue weighted by Crippen LogP contribution is -2.44. The summed E-state index contributed by atoms with van der Waals surface area (Å²) in [4.78, 5) is 36.6. The fourth-order valence-electron chi connectivity index (χ4n) is 4.00. The van der Waals surface area contributed by atoms with Gasteiger partial charge in [0.05, 0.1) is 37.1 Å². The Bertz CT molecular complexity index is 1200. The predicted molar refractivity (Wildman–Crippen MR) is 122 cm³/mol. The minimum atomic E-state index is -0.446. The number of likely N-dealkylation sites (tertiary alicyclic amines) is 1. The third-order valence-corrected chi connectivity index (χ3v) is 6.37. The van der Waals surface area contributed by atoms with E-state index in [1.54, 1.807) is 52.4 Å². The standard InChI is InChI=1S/C22H23N7O4S/c1-34-21-15(4-2-7-24-21)22(31)28-11-16-18(12-28)33-13-14-10-29(27-26-14)8-9-32-17-5-3-6-23-19(17)20(30)25-16/h2-7,10,16,18H,8-9,11-13H2,1H3,(H,25,30)/t16-,18-/m0/s1. The van der Waals surface area contributed by atoms with Gasteiger partial charge < -0.3 is 19.7 Å². The highest BCUT2D eigenvalue weighted by Crippen LogP contribution is 2.24. The maximum Gasteiger partial charge on any atom is 0.274 e. The molecule has 0 aromatic carbocycles. The van der Waals surface area contributed by atoms with Gasteiger partial charge in [-0.1, -0.05) is 5.21 Å². The van der Waals surface area contributed by atoms with Crippen LogP contribution >= 0.6 is 11.8 Å². The average Bonchev–Trinajstić information content (AvgIpc) is 3.48. The molecule has 34 heavy (non-hydrogen) atoms. The highest BCUT2D eigenvalue weighted by Gasteiger charge is 2.38. The van der Waals surface area contributed by atoms with Crippen molar-refractivity contribution in [3.63, 3.8) is 0 Å². The van der Waals surface area contributed by atoms with Crippen molar-refractivity contribution in [3.8, 4) is 5.75 Å². The number of pyridine rings is 2. The number of hydrogen-bond acceptors (Lipinski definition) is 9. The molecule has 11 nitrogen and oxygen atoms in total. The van der Waals surface area contributed by atoms with E-state index in [2.05, 4.69) is 25.6 Å². The summed E-state index contributed by atoms with van der Waals surface area (Å²) in [6, 6.07) is 6.46. The Balaban J connectivity index is 1.42. The third-order valence-electron chi connectivity index (χ3n) is 5.66. The highest BCUT2D eigenvalue weighted by molar-refractivity contribution is 7.98. The number of ether oxygens (including phenoxy) is 2. The third kappa shape index (κ3) is 4.59. The Labute approximate surface area is 199 Å². The number of rotatable bonds is 2. The van der Waals surface area contributed by atoms with E-state index in [1.165, 1.54) is 11.8 Å². The zero-order chi connectivity index (χ0) is 23.5. The van der Waals surface area contributed by atoms with Gasteiger partial charge in [-0.15, -0.1) is 16.9 Å². The van der Waals surface area contributed by atoms with Gasteiger partial charge in [-0.3, -0.25) is 9.59 Å². The van der Waals surface area contributed by atoms with E-state index in [0.717, 1.165) is 0 Å². The lowest BCUT2D eigenvalue weighted by atomic mass is 10.2. The van der Waals surface area contributed by atoms with Crippen molar-refractivity contribution < 1.29 is 19.1 Å². The number of carbonyl (C=O) groups is 2. The normalized spacial score (nSPS) is 20.5. The molecule has 5 heterocycles. The van der Waals surface area contributed by atoms with Crippen LogP contribution in [0.1, 0.15) is 26.5 Å². The number of fused-ring (bicyclic) bond motifs is 4. The number of thioether (sulfide) groups is 1. The Morgan fingerprint density at radius 2 is 2.06 bits per heavy atom. The van der Waals surface area contributed by atoms with Crippen molar-refractivity contribution in [1.29, 1.82) is 0 Å². The molecule has 0 saturated carbocycles. The van der Waals surface area contributed by atoms with E-state index in [-0.39, 0.29) is 30.7 Å². The second-order valence-electron chi connectivity index (χ2n) is 7.87. The molecule has 3 aromatic heterocycles. The molecular weight excluding hydrogens is 458 g/mol. The molecule has 0 spiro atoms. The number of hydrogen-bond donors (Lipinski definition) is 1. The first-order valence-corrected chi connectivity index (χ1v) is 12.0. The summed E-state index contributed by atoms with van der Waals surface area (Å²) in [5, 5.41) is 11.9. The summed E-state index contributed by atoms with van der Waals surface area (Å²) in [7, 11) is 0. The number of nitrogens with one attached hydrogen (secondary N) is 1. The molecule has 2 atom stereocenters. The Morgan fingerprint density at radius 1 is 1.21 bits per heavy atom. The number of amides is 2. The van der Waals surface area contributed by atoms with Crippen LogP contribution in [-0.4, -0.2) is 79.8 Å². The summed E-state index contributed by atoms with van der Waals surface area (Å²) in [6.45, 7) is 1.56. The van der Waals surface area contributed by atoms with Crippen molar-refractivity contribution in [2.75, 3.05) is 26.0 Å². The molecule has 0 unspecified atom stereocenters. The van der Waals surface area contributed by atoms with E-state index in [1.807, 2.05) is 6.26 Å². The number of aromatic nitrogens is 5. The first-order valence-electron chi connectivity index (χ1n) is 10.8. The van der Waals surface area contributed by atoms with E-state index in [9.17, 15) is 9.59 Å². The highest BCUT2D eigenvalue weighted by atomic mass is 32.2. The molecule has 0 radical (unpaired) electrons. The van der Waals surface area contributed by atoms with Gasteiger partial charge in [0, 0.05) is 25.5 Å². The molecule has 3 aromatic rings. The minimum Gasteiger partial charge on any atom is -0.489 e. The van der Waals surface area contributed by atoms with Gasteiger partial charge in [0.2, 0.25) is 0 Å². The van der Waals surface area contributed by atoms with Crippen LogP contribution in [0.3, 0.4) is 0 Å². The summed E-state index contributed by atoms with van der Waals surface area (Å²) in [6.07, 6.45) is 6.44. The first kappa shape index (κ1) is 22.3. The van der Waals surface area contributed by atoms with Crippen LogP contribution in [0, 0.1) is 0 Å². The van der Waals surface area contributed by atoms with Crippen molar-refractivity contribution in [2.24, 2.45) is 0 Å². The Kier molecular flexibility index (Phi) is 6.41. The van der Waals surface area contributed by atoms with E-state index < -0.39 is 12.1 Å². The molecule has 1 fully saturated rings. The van der Waals surface area contributed by atoms with Crippen molar-refractivity contribution in [1.82, 2.24) is 35.2 Å². The molecule has 176 valence electrons. The summed E-state index contributed by atoms with van der Waals surface area (Å²) in [5.74, 6) is -0.169. The molecular formula is C22H23N7O4S. The summed E-state index contributed by atoms with van der Waals surface area (Å²) in [5.41, 5.74) is 1.36. The maximum absolute atomic E-state index is 13.3. The molecule has 2 amide bonds. The first-order chi connectivity index (χ1) is 16.6. The van der Waals surface area contributed by atoms with Crippen LogP contribution in [0.5, 0.6) is 5.75 Å². The largest absolute Gasteiger partial charge is 0.489 e. The van der Waals surface area contributed by atoms with Gasteiger partial charge >= 0.3 is 0 Å². The topological polar surface area (TPSA) is 124 Å². The van der Waals surface area contributed by atoms with Gasteiger partial charge in [-0.25, -0.2) is 14.6 Å². The fourth-order valence-corrected chi connectivity index (χ4v) is 4.55. The van der Waals surface area contributed by atoms with E-state index >= 15 is 0 Å². The van der Waals surface area contributed by atoms with Gasteiger partial charge in [-0.05, 0) is 30.5 Å². The van der Waals surface area contributed by atoms with Gasteiger partial charge in [0.1, 0.15) is 17.3 Å². The van der Waals surface area contributed by atoms with E-state index in [0.29, 0.717) is 41.7 Å². The quantitative estimate of drug-likeness (QED) is 0.534. The Morgan fingerprint density at radius 3 is 2.94 bits per heavy atom. The lowest BCUT2D eigenvalue weighted by Gasteiger charge is -2.20. The molecule has 1 N–H and O–H groups in total. The van der Waals surface area contributed by atoms with Crippen LogP contribution in [0.15, 0.2) is 47.9 Å².